The molecule has 1 aromatic carbocycles. The fraction of sp³-hybridized carbons (Fsp3) is 0.400. The van der Waals surface area contributed by atoms with Crippen molar-refractivity contribution in [2.75, 3.05) is 13.7 Å². The molecule has 3 N–H and O–H groups in total. The number of carbonyl (C=O) groups is 4. The molecule has 53 heavy (non-hydrogen) atoms. The molecule has 5 atom stereocenters. The fourth-order valence-corrected chi connectivity index (χ4v) is 8.98. The number of aromatic nitrogens is 1. The second kappa shape index (κ2) is 15.2. The second-order valence-corrected chi connectivity index (χ2v) is 17.8. The maximum Gasteiger partial charge on any atom is 0.412 e. The maximum absolute atomic E-state index is 14.4. The fourth-order valence-electron chi connectivity index (χ4n) is 6.06. The maximum atomic E-state index is 14.4. The summed E-state index contributed by atoms with van der Waals surface area (Å²) in [6.07, 6.45) is 1.31. The molecule has 284 valence electrons. The van der Waals surface area contributed by atoms with E-state index in [0.29, 0.717) is 22.5 Å². The highest BCUT2D eigenvalue weighted by Crippen LogP contribution is 2.46. The third-order valence-electron chi connectivity index (χ3n) is 8.87. The number of sulfonamides is 1. The lowest BCUT2D eigenvalue weighted by atomic mass is 9.85. The molecule has 2 aliphatic rings. The Labute approximate surface area is 320 Å². The predicted octanol–water partition coefficient (Wildman–Crippen LogP) is 5.20. The summed E-state index contributed by atoms with van der Waals surface area (Å²) >= 11 is 12.6. The highest BCUT2D eigenvalue weighted by molar-refractivity contribution is 7.92. The Morgan fingerprint density at radius 3 is 2.47 bits per heavy atom. The molecular weight excluding hydrogens is 769 g/mol. The number of hydrogen-bond donors (Lipinski definition) is 3. The van der Waals surface area contributed by atoms with Gasteiger partial charge in [-0.1, -0.05) is 56.6 Å². The largest absolute Gasteiger partial charge is 0.497 e. The van der Waals surface area contributed by atoms with Crippen LogP contribution in [0.2, 0.25) is 9.36 Å². The first-order valence-corrected chi connectivity index (χ1v) is 19.4. The summed E-state index contributed by atoms with van der Waals surface area (Å²) in [4.78, 5) is 60.7. The molecule has 0 spiro atoms. The molecule has 2 aromatic heterocycles. The summed E-state index contributed by atoms with van der Waals surface area (Å²) in [6.45, 7) is 13.9. The van der Waals surface area contributed by atoms with Crippen LogP contribution in [0.1, 0.15) is 40.5 Å². The third kappa shape index (κ3) is 8.56. The number of fused-ring (bicyclic) bond motifs is 1. The molecule has 1 aliphatic heterocycles. The smallest absolute Gasteiger partial charge is 0.412 e. The van der Waals surface area contributed by atoms with E-state index in [1.807, 2.05) is 10.8 Å². The van der Waals surface area contributed by atoms with E-state index in [1.165, 1.54) is 17.9 Å². The van der Waals surface area contributed by atoms with Gasteiger partial charge in [-0.25, -0.2) is 22.9 Å². The molecule has 4 amide bonds. The molecule has 2 fully saturated rings. The summed E-state index contributed by atoms with van der Waals surface area (Å²) in [6, 6.07) is 5.83. The van der Waals surface area contributed by atoms with Crippen molar-refractivity contribution in [1.82, 2.24) is 25.2 Å². The van der Waals surface area contributed by atoms with Gasteiger partial charge in [0.15, 0.2) is 0 Å². The van der Waals surface area contributed by atoms with Crippen molar-refractivity contribution in [3.8, 4) is 11.6 Å². The van der Waals surface area contributed by atoms with Gasteiger partial charge in [0.1, 0.15) is 38.0 Å². The number of halogens is 2. The molecule has 0 bridgehead atoms. The van der Waals surface area contributed by atoms with Crippen LogP contribution < -0.4 is 24.8 Å². The van der Waals surface area contributed by atoms with Crippen LogP contribution in [0, 0.1) is 11.3 Å². The minimum Gasteiger partial charge on any atom is -0.497 e. The van der Waals surface area contributed by atoms with E-state index in [4.69, 9.17) is 37.4 Å². The Hall–Kier alpha value is -4.38. The first kappa shape index (κ1) is 39.8. The van der Waals surface area contributed by atoms with E-state index < -0.39 is 68.9 Å². The zero-order valence-electron chi connectivity index (χ0n) is 29.5. The van der Waals surface area contributed by atoms with Crippen LogP contribution in [0.5, 0.6) is 11.6 Å². The van der Waals surface area contributed by atoms with Crippen molar-refractivity contribution in [1.29, 1.82) is 0 Å². The zero-order valence-corrected chi connectivity index (χ0v) is 32.7. The lowest BCUT2D eigenvalue weighted by molar-refractivity contribution is -0.142. The SMILES string of the molecule is C=C[C@@H]1C[C@]1(NC(=O)[C@@H]1C[C@@H](Oc2nccc3cc(OC)ccc23)CN1C(=O)[C@@H](NC(=O)OC(=C)C)C(C)(C)C)C(=O)NS(=O)(=O)c1cc(Cl)c(Cl)s1. The van der Waals surface area contributed by atoms with Gasteiger partial charge in [0.25, 0.3) is 15.9 Å². The molecule has 0 radical (unpaired) electrons. The van der Waals surface area contributed by atoms with E-state index in [9.17, 15) is 27.6 Å². The molecule has 18 heteroatoms. The number of ether oxygens (including phenoxy) is 3. The predicted molar refractivity (Wildman–Crippen MR) is 199 cm³/mol. The van der Waals surface area contributed by atoms with Crippen molar-refractivity contribution in [2.24, 2.45) is 11.3 Å². The van der Waals surface area contributed by atoms with Crippen molar-refractivity contribution in [3.63, 3.8) is 0 Å². The summed E-state index contributed by atoms with van der Waals surface area (Å²) in [7, 11) is -2.87. The number of likely N-dealkylation sites (tertiary alicyclic amines) is 1. The van der Waals surface area contributed by atoms with Crippen LogP contribution in [-0.2, 0) is 29.1 Å². The van der Waals surface area contributed by atoms with Crippen molar-refractivity contribution in [3.05, 3.63) is 70.9 Å². The van der Waals surface area contributed by atoms with Gasteiger partial charge in [0.05, 0.1) is 24.4 Å². The van der Waals surface area contributed by atoms with Crippen LogP contribution >= 0.6 is 34.5 Å². The third-order valence-corrected chi connectivity index (χ3v) is 12.5. The lowest BCUT2D eigenvalue weighted by Gasteiger charge is -2.35. The summed E-state index contributed by atoms with van der Waals surface area (Å²) < 4.78 is 44.7. The number of methoxy groups -OCH3 is 1. The summed E-state index contributed by atoms with van der Waals surface area (Å²) in [5, 5.41) is 6.75. The summed E-state index contributed by atoms with van der Waals surface area (Å²) in [5.41, 5.74) is -2.57. The molecule has 14 nitrogen and oxygen atoms in total. The number of pyridine rings is 1. The zero-order chi connectivity index (χ0) is 39.0. The number of allylic oxidation sites excluding steroid dienone is 1. The molecular formula is C35H39Cl2N5O9S2. The molecule has 3 aromatic rings. The Balaban J connectivity index is 1.45. The average Bonchev–Trinajstić information content (AvgIpc) is 3.45. The number of nitrogens with zero attached hydrogens (tertiary/aromatic N) is 2. The molecule has 1 saturated carbocycles. The van der Waals surface area contributed by atoms with E-state index in [2.05, 4.69) is 28.8 Å². The number of benzene rings is 1. The van der Waals surface area contributed by atoms with E-state index >= 15 is 0 Å². The minimum absolute atomic E-state index is 0.0000264. The number of alkyl carbamates (subject to hydrolysis) is 1. The topological polar surface area (TPSA) is 182 Å². The molecule has 0 unspecified atom stereocenters. The number of carbonyl (C=O) groups excluding carboxylic acids is 4. The van der Waals surface area contributed by atoms with Gasteiger partial charge in [-0.2, -0.15) is 0 Å². The highest BCUT2D eigenvalue weighted by atomic mass is 35.5. The monoisotopic (exact) mass is 807 g/mol. The Morgan fingerprint density at radius 2 is 1.89 bits per heavy atom. The van der Waals surface area contributed by atoms with Gasteiger partial charge < -0.3 is 29.7 Å². The molecule has 5 rings (SSSR count). The van der Waals surface area contributed by atoms with E-state index in [0.717, 1.165) is 11.5 Å². The number of nitrogens with one attached hydrogen (secondary N) is 3. The first-order chi connectivity index (χ1) is 24.8. The van der Waals surface area contributed by atoms with Crippen LogP contribution in [-0.4, -0.2) is 79.5 Å². The van der Waals surface area contributed by atoms with Crippen molar-refractivity contribution in [2.45, 2.75) is 68.5 Å². The highest BCUT2D eigenvalue weighted by Gasteiger charge is 2.61. The van der Waals surface area contributed by atoms with Gasteiger partial charge in [-0.15, -0.1) is 17.9 Å². The molecule has 1 saturated heterocycles. The summed E-state index contributed by atoms with van der Waals surface area (Å²) in [5.74, 6) is -2.03. The van der Waals surface area contributed by atoms with Gasteiger partial charge in [0.2, 0.25) is 17.7 Å². The van der Waals surface area contributed by atoms with E-state index in [-0.39, 0.29) is 44.6 Å². The lowest BCUT2D eigenvalue weighted by Crippen LogP contribution is -2.60. The second-order valence-electron chi connectivity index (χ2n) is 13.8. The quantitative estimate of drug-likeness (QED) is 0.163. The number of rotatable bonds is 12. The van der Waals surface area contributed by atoms with Gasteiger partial charge in [-0.05, 0) is 54.5 Å². The van der Waals surface area contributed by atoms with Gasteiger partial charge in [-0.3, -0.25) is 14.4 Å². The minimum atomic E-state index is -4.42. The Kier molecular flexibility index (Phi) is 11.4. The van der Waals surface area contributed by atoms with Crippen LogP contribution in [0.4, 0.5) is 4.79 Å². The Morgan fingerprint density at radius 1 is 1.17 bits per heavy atom. The first-order valence-electron chi connectivity index (χ1n) is 16.3. The Bertz CT molecular complexity index is 2080. The van der Waals surface area contributed by atoms with Crippen molar-refractivity contribution < 1.29 is 41.8 Å². The van der Waals surface area contributed by atoms with E-state index in [1.54, 1.807) is 52.3 Å². The number of hydrogen-bond acceptors (Lipinski definition) is 11. The van der Waals surface area contributed by atoms with Gasteiger partial charge in [0, 0.05) is 23.9 Å². The van der Waals surface area contributed by atoms with Crippen LogP contribution in [0.25, 0.3) is 10.8 Å². The standard InChI is InChI=1S/C35H39Cl2N5O9S2/c1-8-20-16-35(20,32(45)41-53(47,48)26-15-24(36)28(37)52-26)40-29(43)25-14-22(51-30-23-10-9-21(49-7)13-19(23)11-12-38-30)17-42(25)31(44)27(34(4,5)6)39-33(46)50-18(2)3/h8-13,15,20,22,25,27H,1-2,14,16-17H2,3-7H3,(H,39,46)(H,40,43)(H,41,45)/t20-,22-,25+,27-,35-/m1/s1. The number of thiophene rings is 1. The van der Waals surface area contributed by atoms with Crippen LogP contribution in [0.15, 0.2) is 65.7 Å². The van der Waals surface area contributed by atoms with Gasteiger partial charge >= 0.3 is 6.09 Å². The average molecular weight is 809 g/mol. The van der Waals surface area contributed by atoms with Crippen molar-refractivity contribution >= 4 is 79.1 Å². The molecule has 1 aliphatic carbocycles. The number of amides is 4. The molecule has 3 heterocycles. The normalized spacial score (nSPS) is 21.6. The van der Waals surface area contributed by atoms with Crippen LogP contribution in [0.3, 0.4) is 0 Å².